The molecular formula is C12H20ClN3. The predicted molar refractivity (Wildman–Crippen MR) is 70.2 cm³/mol. The number of hydrogen-bond acceptors (Lipinski definition) is 3. The standard InChI is InChI=1S/C12H20ClN3/c1-4-16(8-7-15(2)3)12-9-11(10-13)5-6-14-12/h5-6,9H,4,7-8,10H2,1-3H3. The maximum absolute atomic E-state index is 5.82. The summed E-state index contributed by atoms with van der Waals surface area (Å²) in [5.74, 6) is 1.56. The predicted octanol–water partition coefficient (Wildman–Crippen LogP) is 2.21. The molecule has 0 aliphatic rings. The molecule has 0 aliphatic heterocycles. The molecule has 0 amide bonds. The van der Waals surface area contributed by atoms with Crippen molar-refractivity contribution in [1.29, 1.82) is 0 Å². The van der Waals surface area contributed by atoms with Crippen LogP contribution in [0.5, 0.6) is 0 Å². The number of aromatic nitrogens is 1. The van der Waals surface area contributed by atoms with Crippen molar-refractivity contribution in [1.82, 2.24) is 9.88 Å². The molecule has 0 unspecified atom stereocenters. The lowest BCUT2D eigenvalue weighted by molar-refractivity contribution is 0.413. The van der Waals surface area contributed by atoms with Gasteiger partial charge < -0.3 is 9.80 Å². The third kappa shape index (κ3) is 3.99. The van der Waals surface area contributed by atoms with Crippen LogP contribution in [0.25, 0.3) is 0 Å². The Morgan fingerprint density at radius 3 is 2.62 bits per heavy atom. The zero-order chi connectivity index (χ0) is 12.0. The highest BCUT2D eigenvalue weighted by molar-refractivity contribution is 6.17. The van der Waals surface area contributed by atoms with Gasteiger partial charge in [0.05, 0.1) is 0 Å². The van der Waals surface area contributed by atoms with Gasteiger partial charge in [-0.25, -0.2) is 4.98 Å². The first-order valence-corrected chi connectivity index (χ1v) is 6.11. The van der Waals surface area contributed by atoms with Gasteiger partial charge >= 0.3 is 0 Å². The lowest BCUT2D eigenvalue weighted by Gasteiger charge is -2.24. The van der Waals surface area contributed by atoms with E-state index in [1.165, 1.54) is 0 Å². The lowest BCUT2D eigenvalue weighted by Crippen LogP contribution is -2.32. The second-order valence-corrected chi connectivity index (χ2v) is 4.31. The first-order valence-electron chi connectivity index (χ1n) is 5.58. The summed E-state index contributed by atoms with van der Waals surface area (Å²) in [6, 6.07) is 4.02. The Labute approximate surface area is 103 Å². The summed E-state index contributed by atoms with van der Waals surface area (Å²) in [6.45, 7) is 5.13. The van der Waals surface area contributed by atoms with Gasteiger partial charge in [0.2, 0.25) is 0 Å². The van der Waals surface area contributed by atoms with Crippen molar-refractivity contribution in [3.8, 4) is 0 Å². The van der Waals surface area contributed by atoms with Crippen molar-refractivity contribution >= 4 is 17.4 Å². The maximum atomic E-state index is 5.82. The van der Waals surface area contributed by atoms with Crippen molar-refractivity contribution in [2.45, 2.75) is 12.8 Å². The van der Waals surface area contributed by atoms with E-state index in [-0.39, 0.29) is 0 Å². The summed E-state index contributed by atoms with van der Waals surface area (Å²) >= 11 is 5.82. The number of nitrogens with zero attached hydrogens (tertiary/aromatic N) is 3. The van der Waals surface area contributed by atoms with Gasteiger partial charge in [0.25, 0.3) is 0 Å². The molecule has 0 aromatic carbocycles. The fourth-order valence-electron chi connectivity index (χ4n) is 1.47. The van der Waals surface area contributed by atoms with E-state index in [2.05, 4.69) is 41.9 Å². The highest BCUT2D eigenvalue weighted by Gasteiger charge is 2.06. The number of anilines is 1. The van der Waals surface area contributed by atoms with Gasteiger partial charge in [0.1, 0.15) is 5.82 Å². The van der Waals surface area contributed by atoms with Gasteiger partial charge in [-0.1, -0.05) is 0 Å². The van der Waals surface area contributed by atoms with Crippen LogP contribution in [0.15, 0.2) is 18.3 Å². The zero-order valence-corrected chi connectivity index (χ0v) is 11.0. The maximum Gasteiger partial charge on any atom is 0.128 e. The van der Waals surface area contributed by atoms with E-state index in [9.17, 15) is 0 Å². The number of alkyl halides is 1. The van der Waals surface area contributed by atoms with E-state index in [1.807, 2.05) is 12.3 Å². The fourth-order valence-corrected chi connectivity index (χ4v) is 1.64. The fraction of sp³-hybridized carbons (Fsp3) is 0.583. The first-order chi connectivity index (χ1) is 7.67. The highest BCUT2D eigenvalue weighted by atomic mass is 35.5. The Balaban J connectivity index is 2.70. The van der Waals surface area contributed by atoms with E-state index >= 15 is 0 Å². The summed E-state index contributed by atoms with van der Waals surface area (Å²) < 4.78 is 0. The van der Waals surface area contributed by atoms with Gasteiger partial charge in [-0.2, -0.15) is 0 Å². The molecule has 0 radical (unpaired) electrons. The van der Waals surface area contributed by atoms with Crippen molar-refractivity contribution in [3.05, 3.63) is 23.9 Å². The molecule has 3 nitrogen and oxygen atoms in total. The molecule has 1 rings (SSSR count). The van der Waals surface area contributed by atoms with Crippen molar-refractivity contribution in [2.75, 3.05) is 38.6 Å². The second kappa shape index (κ2) is 6.71. The van der Waals surface area contributed by atoms with Gasteiger partial charge in [-0.15, -0.1) is 11.6 Å². The number of halogens is 1. The largest absolute Gasteiger partial charge is 0.356 e. The summed E-state index contributed by atoms with van der Waals surface area (Å²) in [4.78, 5) is 8.82. The third-order valence-electron chi connectivity index (χ3n) is 2.49. The second-order valence-electron chi connectivity index (χ2n) is 4.04. The molecule has 0 saturated carbocycles. The molecule has 4 heteroatoms. The topological polar surface area (TPSA) is 19.4 Å². The molecule has 0 saturated heterocycles. The normalized spacial score (nSPS) is 10.8. The molecule has 0 bridgehead atoms. The summed E-state index contributed by atoms with van der Waals surface area (Å²) in [5, 5.41) is 0. The molecule has 0 spiro atoms. The summed E-state index contributed by atoms with van der Waals surface area (Å²) in [6.07, 6.45) is 1.82. The molecule has 0 aliphatic carbocycles. The molecule has 0 atom stereocenters. The molecule has 1 aromatic heterocycles. The third-order valence-corrected chi connectivity index (χ3v) is 2.80. The molecule has 90 valence electrons. The SMILES string of the molecule is CCN(CCN(C)C)c1cc(CCl)ccn1. The Bertz CT molecular complexity index is 315. The van der Waals surface area contributed by atoms with Crippen molar-refractivity contribution < 1.29 is 0 Å². The van der Waals surface area contributed by atoms with E-state index in [1.54, 1.807) is 0 Å². The van der Waals surface area contributed by atoms with Crippen LogP contribution in [-0.4, -0.2) is 43.6 Å². The van der Waals surface area contributed by atoms with E-state index in [0.29, 0.717) is 5.88 Å². The molecule has 0 N–H and O–H groups in total. The van der Waals surface area contributed by atoms with E-state index in [4.69, 9.17) is 11.6 Å². The van der Waals surface area contributed by atoms with Crippen LogP contribution < -0.4 is 4.90 Å². The monoisotopic (exact) mass is 241 g/mol. The van der Waals surface area contributed by atoms with Crippen LogP contribution in [-0.2, 0) is 5.88 Å². The van der Waals surface area contributed by atoms with Gasteiger partial charge in [0, 0.05) is 31.7 Å². The summed E-state index contributed by atoms with van der Waals surface area (Å²) in [7, 11) is 4.16. The number of rotatable bonds is 6. The van der Waals surface area contributed by atoms with Crippen LogP contribution >= 0.6 is 11.6 Å². The number of hydrogen-bond donors (Lipinski definition) is 0. The first kappa shape index (κ1) is 13.3. The average molecular weight is 242 g/mol. The van der Waals surface area contributed by atoms with Gasteiger partial charge in [-0.3, -0.25) is 0 Å². The highest BCUT2D eigenvalue weighted by Crippen LogP contribution is 2.13. The Morgan fingerprint density at radius 2 is 2.06 bits per heavy atom. The smallest absolute Gasteiger partial charge is 0.128 e. The minimum Gasteiger partial charge on any atom is -0.356 e. The van der Waals surface area contributed by atoms with Gasteiger partial charge in [-0.05, 0) is 38.7 Å². The molecule has 16 heavy (non-hydrogen) atoms. The quantitative estimate of drug-likeness (QED) is 0.712. The van der Waals surface area contributed by atoms with Crippen LogP contribution in [0.1, 0.15) is 12.5 Å². The van der Waals surface area contributed by atoms with Crippen LogP contribution in [0.3, 0.4) is 0 Å². The number of likely N-dealkylation sites (N-methyl/N-ethyl adjacent to an activating group) is 2. The molecule has 1 aromatic rings. The van der Waals surface area contributed by atoms with Crippen molar-refractivity contribution in [2.24, 2.45) is 0 Å². The minimum absolute atomic E-state index is 0.542. The Morgan fingerprint density at radius 1 is 1.31 bits per heavy atom. The molecular weight excluding hydrogens is 222 g/mol. The van der Waals surface area contributed by atoms with E-state index < -0.39 is 0 Å². The molecule has 0 fully saturated rings. The number of pyridine rings is 1. The van der Waals surface area contributed by atoms with Gasteiger partial charge in [0.15, 0.2) is 0 Å². The zero-order valence-electron chi connectivity index (χ0n) is 10.3. The Hall–Kier alpha value is -0.800. The van der Waals surface area contributed by atoms with Crippen molar-refractivity contribution in [3.63, 3.8) is 0 Å². The van der Waals surface area contributed by atoms with E-state index in [0.717, 1.165) is 31.0 Å². The van der Waals surface area contributed by atoms with Crippen LogP contribution in [0, 0.1) is 0 Å². The summed E-state index contributed by atoms with van der Waals surface area (Å²) in [5.41, 5.74) is 1.12. The van der Waals surface area contributed by atoms with Crippen LogP contribution in [0.4, 0.5) is 5.82 Å². The lowest BCUT2D eigenvalue weighted by atomic mass is 10.3. The Kier molecular flexibility index (Phi) is 5.56. The molecule has 1 heterocycles. The minimum atomic E-state index is 0.542. The van der Waals surface area contributed by atoms with Crippen LogP contribution in [0.2, 0.25) is 0 Å². The average Bonchev–Trinajstić information content (AvgIpc) is 2.30.